The number of carbonyl (C=O) groups is 2. The van der Waals surface area contributed by atoms with Gasteiger partial charge in [-0.15, -0.1) is 0 Å². The van der Waals surface area contributed by atoms with E-state index < -0.39 is 28.2 Å². The lowest BCUT2D eigenvalue weighted by atomic mass is 10.1. The lowest BCUT2D eigenvalue weighted by molar-refractivity contribution is -0.125. The first-order chi connectivity index (χ1) is 15.5. The zero-order valence-corrected chi connectivity index (χ0v) is 20.8. The summed E-state index contributed by atoms with van der Waals surface area (Å²) in [4.78, 5) is 26.8. The van der Waals surface area contributed by atoms with Gasteiger partial charge in [0.2, 0.25) is 5.91 Å². The van der Waals surface area contributed by atoms with Crippen LogP contribution in [0.15, 0.2) is 18.2 Å². The molecule has 0 bridgehead atoms. The molecule has 1 aromatic carbocycles. The monoisotopic (exact) mass is 481 g/mol. The van der Waals surface area contributed by atoms with Crippen molar-refractivity contribution in [1.29, 1.82) is 0 Å². The third-order valence-electron chi connectivity index (χ3n) is 6.11. The van der Waals surface area contributed by atoms with Gasteiger partial charge in [0.15, 0.2) is 0 Å². The fourth-order valence-corrected chi connectivity index (χ4v) is 6.04. The summed E-state index contributed by atoms with van der Waals surface area (Å²) >= 11 is 0. The smallest absolute Gasteiger partial charge is 0.325 e. The number of hydrogen-bond acceptors (Lipinski definition) is 6. The summed E-state index contributed by atoms with van der Waals surface area (Å²) in [5.74, 6) is -0.426. The second-order valence-corrected chi connectivity index (χ2v) is 10.9. The van der Waals surface area contributed by atoms with Crippen LogP contribution in [0.2, 0.25) is 0 Å². The van der Waals surface area contributed by atoms with E-state index in [4.69, 9.17) is 4.74 Å². The second-order valence-electron chi connectivity index (χ2n) is 8.95. The van der Waals surface area contributed by atoms with Crippen LogP contribution in [0, 0.1) is 13.8 Å². The Kier molecular flexibility index (Phi) is 8.12. The molecule has 0 aromatic heterocycles. The first-order valence-corrected chi connectivity index (χ1v) is 12.7. The zero-order valence-electron chi connectivity index (χ0n) is 20.0. The molecule has 0 spiro atoms. The Morgan fingerprint density at radius 2 is 1.64 bits per heavy atom. The molecule has 2 aliphatic heterocycles. The van der Waals surface area contributed by atoms with Gasteiger partial charge in [0.05, 0.1) is 18.2 Å². The number of nitrogens with zero attached hydrogens (tertiary/aromatic N) is 3. The number of ether oxygens (including phenoxy) is 1. The van der Waals surface area contributed by atoms with Gasteiger partial charge in [-0.25, -0.2) is 4.79 Å². The summed E-state index contributed by atoms with van der Waals surface area (Å²) in [6, 6.07) is 4.48. The first-order valence-electron chi connectivity index (χ1n) is 11.3. The van der Waals surface area contributed by atoms with Crippen LogP contribution >= 0.6 is 0 Å². The van der Waals surface area contributed by atoms with Crippen molar-refractivity contribution in [3.05, 3.63) is 29.3 Å². The highest BCUT2D eigenvalue weighted by Crippen LogP contribution is 2.20. The van der Waals surface area contributed by atoms with Gasteiger partial charge in [-0.1, -0.05) is 17.7 Å². The molecule has 3 unspecified atom stereocenters. The lowest BCUT2D eigenvalue weighted by Crippen LogP contribution is -2.59. The predicted octanol–water partition coefficient (Wildman–Crippen LogP) is 1.31. The average Bonchev–Trinajstić information content (AvgIpc) is 2.74. The molecule has 2 fully saturated rings. The molecule has 3 amide bonds. The number of anilines is 1. The molecule has 3 rings (SSSR count). The van der Waals surface area contributed by atoms with Gasteiger partial charge >= 0.3 is 6.03 Å². The Morgan fingerprint density at radius 1 is 1.03 bits per heavy atom. The normalized spacial score (nSPS) is 24.3. The van der Waals surface area contributed by atoms with Gasteiger partial charge in [0.25, 0.3) is 10.2 Å². The number of morpholine rings is 1. The highest BCUT2D eigenvalue weighted by Gasteiger charge is 2.37. The molecule has 0 radical (unpaired) electrons. The summed E-state index contributed by atoms with van der Waals surface area (Å²) < 4.78 is 34.7. The molecule has 2 aliphatic rings. The molecule has 2 heterocycles. The summed E-state index contributed by atoms with van der Waals surface area (Å²) in [6.45, 7) is 11.4. The molecule has 184 valence electrons. The van der Waals surface area contributed by atoms with E-state index >= 15 is 0 Å². The van der Waals surface area contributed by atoms with Crippen LogP contribution in [-0.2, 0) is 19.7 Å². The highest BCUT2D eigenvalue weighted by atomic mass is 32.2. The van der Waals surface area contributed by atoms with E-state index in [0.717, 1.165) is 11.1 Å². The molecular weight excluding hydrogens is 446 g/mol. The van der Waals surface area contributed by atoms with Crippen molar-refractivity contribution in [2.75, 3.05) is 44.6 Å². The molecule has 2 saturated heterocycles. The van der Waals surface area contributed by atoms with Crippen LogP contribution in [0.4, 0.5) is 10.5 Å². The maximum Gasteiger partial charge on any atom is 0.325 e. The van der Waals surface area contributed by atoms with Gasteiger partial charge in [-0.2, -0.15) is 17.0 Å². The van der Waals surface area contributed by atoms with Crippen LogP contribution in [0.5, 0.6) is 0 Å². The zero-order chi connectivity index (χ0) is 24.3. The van der Waals surface area contributed by atoms with Crippen molar-refractivity contribution < 1.29 is 22.7 Å². The van der Waals surface area contributed by atoms with Gasteiger partial charge in [0, 0.05) is 45.0 Å². The molecule has 2 N–H and O–H groups in total. The van der Waals surface area contributed by atoms with E-state index in [1.807, 2.05) is 44.7 Å². The van der Waals surface area contributed by atoms with Crippen LogP contribution in [0.3, 0.4) is 0 Å². The van der Waals surface area contributed by atoms with Crippen molar-refractivity contribution in [3.8, 4) is 0 Å². The minimum absolute atomic E-state index is 0.150. The summed E-state index contributed by atoms with van der Waals surface area (Å²) in [6.07, 6.45) is -0.299. The van der Waals surface area contributed by atoms with Crippen LogP contribution in [-0.4, -0.2) is 91.4 Å². The minimum atomic E-state index is -3.59. The van der Waals surface area contributed by atoms with Crippen LogP contribution in [0.25, 0.3) is 0 Å². The SMILES string of the molecule is Cc1ccc(NC(=O)NC(=O)C(C)N2CCN(S(=O)(=O)N3CC(C)OC(C)C3)CC2)c(C)c1. The van der Waals surface area contributed by atoms with Gasteiger partial charge in [-0.05, 0) is 46.2 Å². The van der Waals surface area contributed by atoms with Crippen molar-refractivity contribution in [2.24, 2.45) is 0 Å². The number of amides is 3. The predicted molar refractivity (Wildman–Crippen MR) is 126 cm³/mol. The molecule has 3 atom stereocenters. The highest BCUT2D eigenvalue weighted by molar-refractivity contribution is 7.86. The second kappa shape index (κ2) is 10.5. The summed E-state index contributed by atoms with van der Waals surface area (Å²) in [5.41, 5.74) is 2.64. The molecule has 11 heteroatoms. The van der Waals surface area contributed by atoms with Crippen molar-refractivity contribution in [1.82, 2.24) is 18.8 Å². The number of nitrogens with one attached hydrogen (secondary N) is 2. The van der Waals surface area contributed by atoms with Gasteiger partial charge < -0.3 is 10.1 Å². The van der Waals surface area contributed by atoms with E-state index in [9.17, 15) is 18.0 Å². The van der Waals surface area contributed by atoms with E-state index in [1.165, 1.54) is 8.61 Å². The third-order valence-corrected chi connectivity index (χ3v) is 8.07. The number of carbonyl (C=O) groups excluding carboxylic acids is 2. The molecule has 33 heavy (non-hydrogen) atoms. The van der Waals surface area contributed by atoms with E-state index in [1.54, 1.807) is 13.0 Å². The Hall–Kier alpha value is -2.05. The standard InChI is InChI=1S/C22H35N5O5S/c1-15-6-7-20(16(2)12-15)23-22(29)24-21(28)19(5)25-8-10-26(11-9-25)33(30,31)27-13-17(3)32-18(4)14-27/h6-7,12,17-19H,8-11,13-14H2,1-5H3,(H2,23,24,28,29). The largest absolute Gasteiger partial charge is 0.373 e. The Balaban J connectivity index is 1.51. The van der Waals surface area contributed by atoms with Crippen molar-refractivity contribution in [2.45, 2.75) is 52.9 Å². The van der Waals surface area contributed by atoms with Gasteiger partial charge in [0.1, 0.15) is 0 Å². The van der Waals surface area contributed by atoms with Crippen molar-refractivity contribution in [3.63, 3.8) is 0 Å². The van der Waals surface area contributed by atoms with Gasteiger partial charge in [-0.3, -0.25) is 15.0 Å². The number of piperazine rings is 1. The number of urea groups is 1. The van der Waals surface area contributed by atoms with E-state index in [0.29, 0.717) is 31.9 Å². The average molecular weight is 482 g/mol. The molecular formula is C22H35N5O5S. The topological polar surface area (TPSA) is 111 Å². The third kappa shape index (κ3) is 6.30. The number of rotatable bonds is 5. The number of aryl methyl sites for hydroxylation is 2. The Bertz CT molecular complexity index is 967. The fraction of sp³-hybridized carbons (Fsp3) is 0.636. The first kappa shape index (κ1) is 25.6. The van der Waals surface area contributed by atoms with Crippen molar-refractivity contribution >= 4 is 27.8 Å². The fourth-order valence-electron chi connectivity index (χ4n) is 4.29. The Morgan fingerprint density at radius 3 is 2.21 bits per heavy atom. The molecule has 0 aliphatic carbocycles. The maximum absolute atomic E-state index is 13.1. The number of hydrogen-bond donors (Lipinski definition) is 2. The van der Waals surface area contributed by atoms with Crippen LogP contribution < -0.4 is 10.6 Å². The quantitative estimate of drug-likeness (QED) is 0.656. The number of imide groups is 1. The molecule has 1 aromatic rings. The van der Waals surface area contributed by atoms with E-state index in [2.05, 4.69) is 10.6 Å². The Labute approximate surface area is 196 Å². The molecule has 10 nitrogen and oxygen atoms in total. The molecule has 0 saturated carbocycles. The van der Waals surface area contributed by atoms with Crippen LogP contribution in [0.1, 0.15) is 31.9 Å². The maximum atomic E-state index is 13.1. The summed E-state index contributed by atoms with van der Waals surface area (Å²) in [7, 11) is -3.59. The summed E-state index contributed by atoms with van der Waals surface area (Å²) in [5, 5.41) is 5.09. The van der Waals surface area contributed by atoms with E-state index in [-0.39, 0.29) is 25.3 Å². The minimum Gasteiger partial charge on any atom is -0.373 e. The number of benzene rings is 1. The lowest BCUT2D eigenvalue weighted by Gasteiger charge is -2.41.